The van der Waals surface area contributed by atoms with Crippen molar-refractivity contribution in [3.05, 3.63) is 57.4 Å². The van der Waals surface area contributed by atoms with Gasteiger partial charge in [-0.25, -0.2) is 14.3 Å². The SMILES string of the molecule is Nc1ccn(-c2nc3ccccc3n(C3C[C@H]4CCC[C@@H](C3)N4C3C[C@H]4CCC[C@@H](C3)C4)c2=O)c(=O)n1. The third-order valence-corrected chi connectivity index (χ3v) is 9.73. The number of para-hydroxylation sites is 2. The summed E-state index contributed by atoms with van der Waals surface area (Å²) in [5.74, 6) is 2.06. The number of nitrogens with zero attached hydrogens (tertiary/aromatic N) is 5. The van der Waals surface area contributed by atoms with Crippen molar-refractivity contribution in [3.63, 3.8) is 0 Å². The lowest BCUT2D eigenvalue weighted by Crippen LogP contribution is -2.58. The minimum Gasteiger partial charge on any atom is -0.383 e. The first kappa shape index (κ1) is 23.1. The number of benzene rings is 1. The van der Waals surface area contributed by atoms with Gasteiger partial charge >= 0.3 is 5.69 Å². The van der Waals surface area contributed by atoms with E-state index in [0.29, 0.717) is 23.6 Å². The highest BCUT2D eigenvalue weighted by atomic mass is 16.2. The van der Waals surface area contributed by atoms with E-state index in [-0.39, 0.29) is 23.2 Å². The van der Waals surface area contributed by atoms with E-state index in [1.807, 2.05) is 28.8 Å². The zero-order valence-electron chi connectivity index (χ0n) is 21.3. The number of nitrogens with two attached hydrogens (primary N) is 1. The van der Waals surface area contributed by atoms with Gasteiger partial charge in [-0.1, -0.05) is 37.8 Å². The summed E-state index contributed by atoms with van der Waals surface area (Å²) in [5, 5.41) is 0. The van der Waals surface area contributed by atoms with Crippen molar-refractivity contribution in [3.8, 4) is 5.82 Å². The fourth-order valence-electron chi connectivity index (χ4n) is 8.37. The van der Waals surface area contributed by atoms with Crippen LogP contribution in [0.2, 0.25) is 0 Å². The standard InChI is InChI=1S/C29H36N6O2/c30-26-11-12-33(29(37)32-26)27-28(36)35(25-10-2-1-9-24(25)31-27)23-16-20-7-4-8-21(17-23)34(20)22-14-18-5-3-6-19(13-18)15-22/h1-2,9-12,18-23H,3-8,13-17H2,(H2,30,32,37)/t18-,19+,20-,21+,22?,23?. The molecular formula is C29H36N6O2. The van der Waals surface area contributed by atoms with Gasteiger partial charge in [0.2, 0.25) is 5.82 Å². The molecule has 0 spiro atoms. The number of hydrogen-bond donors (Lipinski definition) is 1. The van der Waals surface area contributed by atoms with E-state index in [9.17, 15) is 9.59 Å². The van der Waals surface area contributed by atoms with E-state index in [1.165, 1.54) is 74.6 Å². The number of nitrogen functional groups attached to an aromatic ring is 1. The molecule has 3 aromatic rings. The molecule has 194 valence electrons. The van der Waals surface area contributed by atoms with Crippen molar-refractivity contribution in [2.24, 2.45) is 11.8 Å². The van der Waals surface area contributed by atoms with Crippen molar-refractivity contribution in [1.29, 1.82) is 0 Å². The summed E-state index contributed by atoms with van der Waals surface area (Å²) in [6.45, 7) is 0. The lowest BCUT2D eigenvalue weighted by Gasteiger charge is -2.55. The molecule has 8 heteroatoms. The molecule has 2 aliphatic heterocycles. The Labute approximate surface area is 216 Å². The van der Waals surface area contributed by atoms with Crippen LogP contribution in [0.5, 0.6) is 0 Å². The largest absolute Gasteiger partial charge is 0.383 e. The quantitative estimate of drug-likeness (QED) is 0.583. The van der Waals surface area contributed by atoms with Crippen molar-refractivity contribution >= 4 is 16.9 Å². The van der Waals surface area contributed by atoms with Gasteiger partial charge in [0.25, 0.3) is 5.56 Å². The molecule has 4 bridgehead atoms. The van der Waals surface area contributed by atoms with E-state index >= 15 is 0 Å². The summed E-state index contributed by atoms with van der Waals surface area (Å²) in [4.78, 5) is 38.0. The maximum atomic E-state index is 14.0. The highest BCUT2D eigenvalue weighted by Gasteiger charge is 2.45. The number of rotatable bonds is 3. The van der Waals surface area contributed by atoms with Gasteiger partial charge in [0.15, 0.2) is 0 Å². The first-order chi connectivity index (χ1) is 18.0. The number of piperidine rings is 2. The minimum atomic E-state index is -0.582. The van der Waals surface area contributed by atoms with E-state index in [0.717, 1.165) is 30.2 Å². The Bertz CT molecular complexity index is 1420. The predicted molar refractivity (Wildman–Crippen MR) is 144 cm³/mol. The average Bonchev–Trinajstić information content (AvgIpc) is 2.88. The van der Waals surface area contributed by atoms with E-state index < -0.39 is 5.69 Å². The Hall–Kier alpha value is -3.00. The molecule has 0 radical (unpaired) electrons. The first-order valence-electron chi connectivity index (χ1n) is 14.2. The second kappa shape index (κ2) is 9.08. The molecule has 4 aliphatic rings. The predicted octanol–water partition coefficient (Wildman–Crippen LogP) is 4.05. The molecule has 2 N–H and O–H groups in total. The van der Waals surface area contributed by atoms with E-state index in [1.54, 1.807) is 0 Å². The molecule has 4 heterocycles. The van der Waals surface area contributed by atoms with Crippen LogP contribution in [-0.2, 0) is 0 Å². The summed E-state index contributed by atoms with van der Waals surface area (Å²) in [5.41, 5.74) is 6.46. The van der Waals surface area contributed by atoms with E-state index in [2.05, 4.69) is 14.9 Å². The molecule has 2 aliphatic carbocycles. The van der Waals surface area contributed by atoms with Gasteiger partial charge in [-0.3, -0.25) is 9.69 Å². The molecule has 2 unspecified atom stereocenters. The van der Waals surface area contributed by atoms with Crippen molar-refractivity contribution in [2.45, 2.75) is 94.8 Å². The van der Waals surface area contributed by atoms with Crippen LogP contribution in [0, 0.1) is 11.8 Å². The van der Waals surface area contributed by atoms with Gasteiger partial charge in [0.05, 0.1) is 11.0 Å². The third kappa shape index (κ3) is 4.00. The van der Waals surface area contributed by atoms with Crippen LogP contribution >= 0.6 is 0 Å². The van der Waals surface area contributed by atoms with Crippen molar-refractivity contribution in [2.75, 3.05) is 5.73 Å². The monoisotopic (exact) mass is 500 g/mol. The molecular weight excluding hydrogens is 464 g/mol. The van der Waals surface area contributed by atoms with Gasteiger partial charge in [0.1, 0.15) is 5.82 Å². The summed E-state index contributed by atoms with van der Waals surface area (Å²) in [6, 6.07) is 11.2. The lowest BCUT2D eigenvalue weighted by molar-refractivity contribution is -0.0485. The lowest BCUT2D eigenvalue weighted by atomic mass is 9.68. The van der Waals surface area contributed by atoms with Gasteiger partial charge in [0, 0.05) is 30.4 Å². The molecule has 4 fully saturated rings. The van der Waals surface area contributed by atoms with Crippen LogP contribution in [0.4, 0.5) is 5.82 Å². The normalized spacial score (nSPS) is 31.9. The number of fused-ring (bicyclic) bond motifs is 5. The zero-order chi connectivity index (χ0) is 25.1. The summed E-state index contributed by atoms with van der Waals surface area (Å²) < 4.78 is 3.18. The molecule has 1 aromatic carbocycles. The maximum absolute atomic E-state index is 14.0. The molecule has 2 aromatic heterocycles. The zero-order valence-corrected chi connectivity index (χ0v) is 21.3. The second-order valence-electron chi connectivity index (χ2n) is 11.9. The van der Waals surface area contributed by atoms with Crippen LogP contribution in [-0.4, -0.2) is 42.1 Å². The Balaban J connectivity index is 1.27. The Kier molecular flexibility index (Phi) is 5.68. The van der Waals surface area contributed by atoms with Crippen molar-refractivity contribution in [1.82, 2.24) is 24.0 Å². The Morgan fingerprint density at radius 3 is 2.19 bits per heavy atom. The molecule has 2 saturated carbocycles. The Morgan fingerprint density at radius 2 is 1.46 bits per heavy atom. The van der Waals surface area contributed by atoms with Gasteiger partial charge < -0.3 is 10.3 Å². The van der Waals surface area contributed by atoms with Crippen LogP contribution < -0.4 is 17.0 Å². The highest BCUT2D eigenvalue weighted by Crippen LogP contribution is 2.47. The van der Waals surface area contributed by atoms with Gasteiger partial charge in [-0.05, 0) is 75.0 Å². The van der Waals surface area contributed by atoms with Gasteiger partial charge in [-0.2, -0.15) is 4.98 Å². The van der Waals surface area contributed by atoms with Crippen molar-refractivity contribution < 1.29 is 0 Å². The molecule has 6 atom stereocenters. The molecule has 0 amide bonds. The fourth-order valence-corrected chi connectivity index (χ4v) is 8.37. The summed E-state index contributed by atoms with van der Waals surface area (Å²) in [7, 11) is 0. The van der Waals surface area contributed by atoms with Crippen LogP contribution in [0.1, 0.15) is 76.7 Å². The minimum absolute atomic E-state index is 0.0891. The maximum Gasteiger partial charge on any atom is 0.355 e. The Morgan fingerprint density at radius 1 is 0.757 bits per heavy atom. The van der Waals surface area contributed by atoms with Crippen LogP contribution in [0.3, 0.4) is 0 Å². The first-order valence-corrected chi connectivity index (χ1v) is 14.2. The third-order valence-electron chi connectivity index (χ3n) is 9.73. The van der Waals surface area contributed by atoms with E-state index in [4.69, 9.17) is 5.73 Å². The fraction of sp³-hybridized carbons (Fsp3) is 0.586. The topological polar surface area (TPSA) is 99.0 Å². The molecule has 8 nitrogen and oxygen atoms in total. The summed E-state index contributed by atoms with van der Waals surface area (Å²) >= 11 is 0. The summed E-state index contributed by atoms with van der Waals surface area (Å²) in [6.07, 6.45) is 15.6. The average molecular weight is 501 g/mol. The molecule has 7 rings (SSSR count). The molecule has 2 saturated heterocycles. The second-order valence-corrected chi connectivity index (χ2v) is 11.9. The smallest absolute Gasteiger partial charge is 0.355 e. The number of anilines is 1. The molecule has 37 heavy (non-hydrogen) atoms. The van der Waals surface area contributed by atoms with Crippen LogP contribution in [0.15, 0.2) is 46.1 Å². The number of hydrogen-bond acceptors (Lipinski definition) is 6. The van der Waals surface area contributed by atoms with Crippen LogP contribution in [0.25, 0.3) is 16.9 Å². The number of aromatic nitrogens is 4. The van der Waals surface area contributed by atoms with Gasteiger partial charge in [-0.15, -0.1) is 0 Å². The highest BCUT2D eigenvalue weighted by molar-refractivity contribution is 5.75.